The van der Waals surface area contributed by atoms with E-state index in [1.54, 1.807) is 0 Å². The number of carbonyl (C=O) groups excluding carboxylic acids is 2. The van der Waals surface area contributed by atoms with E-state index in [1.807, 2.05) is 14.1 Å². The molecule has 2 rings (SSSR count). The summed E-state index contributed by atoms with van der Waals surface area (Å²) in [5, 5.41) is 0.726. The van der Waals surface area contributed by atoms with Gasteiger partial charge in [-0.25, -0.2) is 0 Å². The molecule has 1 aliphatic rings. The van der Waals surface area contributed by atoms with Crippen molar-refractivity contribution < 1.29 is 9.59 Å². The Morgan fingerprint density at radius 2 is 2.05 bits per heavy atom. The number of hydrogen-bond acceptors (Lipinski definition) is 6. The van der Waals surface area contributed by atoms with E-state index in [0.717, 1.165) is 24.5 Å². The first-order valence-corrected chi connectivity index (χ1v) is 7.29. The fourth-order valence-electron chi connectivity index (χ4n) is 2.50. The third kappa shape index (κ3) is 2.51. The molecule has 0 aliphatic carbocycles. The Bertz CT molecular complexity index is 553. The lowest BCUT2D eigenvalue weighted by Gasteiger charge is -2.21. The zero-order valence-electron chi connectivity index (χ0n) is 12.0. The maximum absolute atomic E-state index is 11.7. The molecule has 4 N–H and O–H groups in total. The lowest BCUT2D eigenvalue weighted by Crippen LogP contribution is -2.31. The number of Topliss-reactive ketones (excluding diaryl/α,β-unsaturated/α-hetero) is 1. The number of hydrogen-bond donors (Lipinski definition) is 2. The van der Waals surface area contributed by atoms with Gasteiger partial charge in [0.2, 0.25) is 0 Å². The molecule has 0 spiro atoms. The number of rotatable bonds is 4. The number of ketones is 1. The predicted molar refractivity (Wildman–Crippen MR) is 81.6 cm³/mol. The van der Waals surface area contributed by atoms with E-state index in [-0.39, 0.29) is 11.5 Å². The van der Waals surface area contributed by atoms with Crippen molar-refractivity contribution >= 4 is 33.7 Å². The van der Waals surface area contributed by atoms with Crippen LogP contribution in [0.2, 0.25) is 0 Å². The molecule has 1 amide bonds. The minimum atomic E-state index is -0.574. The molecular formula is C13H20N4O2S. The van der Waals surface area contributed by atoms with E-state index in [4.69, 9.17) is 11.5 Å². The van der Waals surface area contributed by atoms with Crippen LogP contribution in [0.1, 0.15) is 33.4 Å². The third-order valence-corrected chi connectivity index (χ3v) is 5.04. The largest absolute Gasteiger partial charge is 0.397 e. The molecule has 0 radical (unpaired) electrons. The molecule has 110 valence electrons. The van der Waals surface area contributed by atoms with Gasteiger partial charge in [-0.1, -0.05) is 0 Å². The topological polar surface area (TPSA) is 92.7 Å². The standard InChI is InChI=1S/C13H20N4O2S/c1-7(18)11-10(14)9(12(15)19)13(20-11)17-5-4-8(6-17)16(2)3/h8H,4-6,14H2,1-3H3,(H2,15,19). The molecule has 1 saturated heterocycles. The Labute approximate surface area is 122 Å². The summed E-state index contributed by atoms with van der Waals surface area (Å²) in [7, 11) is 4.07. The van der Waals surface area contributed by atoms with Crippen LogP contribution in [0.15, 0.2) is 0 Å². The van der Waals surface area contributed by atoms with Crippen LogP contribution in [0.25, 0.3) is 0 Å². The molecule has 6 nitrogen and oxygen atoms in total. The van der Waals surface area contributed by atoms with Crippen LogP contribution >= 0.6 is 11.3 Å². The number of carbonyl (C=O) groups is 2. The smallest absolute Gasteiger partial charge is 0.253 e. The first kappa shape index (κ1) is 14.8. The number of thiophene rings is 1. The molecule has 20 heavy (non-hydrogen) atoms. The van der Waals surface area contributed by atoms with Gasteiger partial charge in [0.15, 0.2) is 5.78 Å². The Balaban J connectivity index is 2.39. The van der Waals surface area contributed by atoms with Gasteiger partial charge in [-0.2, -0.15) is 0 Å². The minimum Gasteiger partial charge on any atom is -0.397 e. The van der Waals surface area contributed by atoms with Crippen molar-refractivity contribution in [2.75, 3.05) is 37.8 Å². The lowest BCUT2D eigenvalue weighted by atomic mass is 10.2. The van der Waals surface area contributed by atoms with Crippen LogP contribution in [0, 0.1) is 0 Å². The van der Waals surface area contributed by atoms with Crippen molar-refractivity contribution in [3.05, 3.63) is 10.4 Å². The molecule has 1 unspecified atom stereocenters. The van der Waals surface area contributed by atoms with E-state index in [1.165, 1.54) is 18.3 Å². The normalized spacial score (nSPS) is 18.8. The van der Waals surface area contributed by atoms with E-state index < -0.39 is 5.91 Å². The van der Waals surface area contributed by atoms with Gasteiger partial charge >= 0.3 is 0 Å². The molecular weight excluding hydrogens is 276 g/mol. The van der Waals surface area contributed by atoms with Crippen LogP contribution < -0.4 is 16.4 Å². The molecule has 7 heteroatoms. The molecule has 1 aromatic heterocycles. The number of nitrogens with two attached hydrogens (primary N) is 2. The van der Waals surface area contributed by atoms with Gasteiger partial charge < -0.3 is 21.3 Å². The van der Waals surface area contributed by atoms with Gasteiger partial charge in [-0.15, -0.1) is 11.3 Å². The van der Waals surface area contributed by atoms with Crippen molar-refractivity contribution in [2.45, 2.75) is 19.4 Å². The fraction of sp³-hybridized carbons (Fsp3) is 0.538. The van der Waals surface area contributed by atoms with Crippen molar-refractivity contribution in [1.82, 2.24) is 4.90 Å². The summed E-state index contributed by atoms with van der Waals surface area (Å²) in [5.41, 5.74) is 11.9. The summed E-state index contributed by atoms with van der Waals surface area (Å²) in [6.45, 7) is 3.09. The van der Waals surface area contributed by atoms with Crippen molar-refractivity contribution in [3.63, 3.8) is 0 Å². The van der Waals surface area contributed by atoms with Crippen LogP contribution in [-0.4, -0.2) is 49.8 Å². The average Bonchev–Trinajstić information content (AvgIpc) is 2.92. The SMILES string of the molecule is CC(=O)c1sc(N2CCC(N(C)C)C2)c(C(N)=O)c1N. The van der Waals surface area contributed by atoms with E-state index in [0.29, 0.717) is 16.5 Å². The van der Waals surface area contributed by atoms with Crippen LogP contribution in [-0.2, 0) is 0 Å². The van der Waals surface area contributed by atoms with Gasteiger partial charge in [-0.05, 0) is 20.5 Å². The predicted octanol–water partition coefficient (Wildman–Crippen LogP) is 0.772. The molecule has 1 aliphatic heterocycles. The van der Waals surface area contributed by atoms with Crippen molar-refractivity contribution in [3.8, 4) is 0 Å². The highest BCUT2D eigenvalue weighted by atomic mass is 32.1. The number of anilines is 2. The fourth-order valence-corrected chi connectivity index (χ4v) is 3.66. The number of nitrogens with zero attached hydrogens (tertiary/aromatic N) is 2. The van der Waals surface area contributed by atoms with Gasteiger partial charge in [0, 0.05) is 26.1 Å². The molecule has 0 saturated carbocycles. The number of nitrogen functional groups attached to an aromatic ring is 1. The molecule has 0 aromatic carbocycles. The number of amides is 1. The Morgan fingerprint density at radius 1 is 1.40 bits per heavy atom. The second-order valence-corrected chi connectivity index (χ2v) is 6.30. The highest BCUT2D eigenvalue weighted by Crippen LogP contribution is 2.39. The highest BCUT2D eigenvalue weighted by molar-refractivity contribution is 7.19. The summed E-state index contributed by atoms with van der Waals surface area (Å²) in [6.07, 6.45) is 1.01. The van der Waals surface area contributed by atoms with Gasteiger partial charge in [0.05, 0.1) is 16.1 Å². The Morgan fingerprint density at radius 3 is 2.50 bits per heavy atom. The second-order valence-electron chi connectivity index (χ2n) is 5.30. The number of primary amides is 1. The molecule has 2 heterocycles. The summed E-state index contributed by atoms with van der Waals surface area (Å²) in [5.74, 6) is -0.709. The van der Waals surface area contributed by atoms with E-state index in [2.05, 4.69) is 9.80 Å². The summed E-state index contributed by atoms with van der Waals surface area (Å²) in [6, 6.07) is 0.430. The first-order chi connectivity index (χ1) is 9.32. The van der Waals surface area contributed by atoms with E-state index in [9.17, 15) is 9.59 Å². The quantitative estimate of drug-likeness (QED) is 0.801. The Hall–Kier alpha value is -1.60. The summed E-state index contributed by atoms with van der Waals surface area (Å²) >= 11 is 1.27. The van der Waals surface area contributed by atoms with E-state index >= 15 is 0 Å². The zero-order chi connectivity index (χ0) is 15.0. The summed E-state index contributed by atoms with van der Waals surface area (Å²) in [4.78, 5) is 27.9. The van der Waals surface area contributed by atoms with Crippen molar-refractivity contribution in [1.29, 1.82) is 0 Å². The summed E-state index contributed by atoms with van der Waals surface area (Å²) < 4.78 is 0. The van der Waals surface area contributed by atoms with Crippen LogP contribution in [0.3, 0.4) is 0 Å². The second kappa shape index (κ2) is 5.41. The van der Waals surface area contributed by atoms with Gasteiger partial charge in [0.1, 0.15) is 5.00 Å². The number of likely N-dealkylation sites (N-methyl/N-ethyl adjacent to an activating group) is 1. The van der Waals surface area contributed by atoms with Crippen LogP contribution in [0.4, 0.5) is 10.7 Å². The lowest BCUT2D eigenvalue weighted by molar-refractivity contribution is 0.100. The first-order valence-electron chi connectivity index (χ1n) is 6.47. The molecule has 1 fully saturated rings. The maximum Gasteiger partial charge on any atom is 0.253 e. The highest BCUT2D eigenvalue weighted by Gasteiger charge is 2.31. The van der Waals surface area contributed by atoms with Gasteiger partial charge in [-0.3, -0.25) is 9.59 Å². The average molecular weight is 296 g/mol. The molecule has 0 bridgehead atoms. The minimum absolute atomic E-state index is 0.135. The third-order valence-electron chi connectivity index (χ3n) is 3.67. The van der Waals surface area contributed by atoms with Gasteiger partial charge in [0.25, 0.3) is 5.91 Å². The van der Waals surface area contributed by atoms with Crippen LogP contribution in [0.5, 0.6) is 0 Å². The zero-order valence-corrected chi connectivity index (χ0v) is 12.8. The molecule has 1 atom stereocenters. The van der Waals surface area contributed by atoms with Crippen molar-refractivity contribution in [2.24, 2.45) is 5.73 Å². The molecule has 1 aromatic rings. The monoisotopic (exact) mass is 296 g/mol. The maximum atomic E-state index is 11.7. The Kier molecular flexibility index (Phi) is 4.01.